The van der Waals surface area contributed by atoms with Crippen LogP contribution in [0.25, 0.3) is 0 Å². The summed E-state index contributed by atoms with van der Waals surface area (Å²) >= 11 is 0. The van der Waals surface area contributed by atoms with Crippen molar-refractivity contribution in [3.8, 4) is 0 Å². The highest BCUT2D eigenvalue weighted by molar-refractivity contribution is 7.87. The maximum Gasteiger partial charge on any atom is 0.330 e. The number of urea groups is 1. The van der Waals surface area contributed by atoms with Gasteiger partial charge in [0.1, 0.15) is 5.56 Å². The van der Waals surface area contributed by atoms with E-state index in [0.717, 1.165) is 17.4 Å². The van der Waals surface area contributed by atoms with Crippen LogP contribution < -0.4 is 26.6 Å². The molecule has 2 fully saturated rings. The molecule has 2 aliphatic carbocycles. The Morgan fingerprint density at radius 2 is 1.78 bits per heavy atom. The van der Waals surface area contributed by atoms with E-state index in [1.807, 2.05) is 0 Å². The molecule has 3 amide bonds. The fourth-order valence-corrected chi connectivity index (χ4v) is 6.59. The second-order valence-corrected chi connectivity index (χ2v) is 11.7. The summed E-state index contributed by atoms with van der Waals surface area (Å²) in [7, 11) is -1.14. The zero-order chi connectivity index (χ0) is 26.0. The van der Waals surface area contributed by atoms with Gasteiger partial charge in [0.15, 0.2) is 0 Å². The zero-order valence-corrected chi connectivity index (χ0v) is 21.4. The third-order valence-electron chi connectivity index (χ3n) is 7.61. The van der Waals surface area contributed by atoms with Crippen LogP contribution in [0.4, 0.5) is 4.79 Å². The number of amides is 3. The van der Waals surface area contributed by atoms with Gasteiger partial charge in [0, 0.05) is 46.5 Å². The van der Waals surface area contributed by atoms with Crippen molar-refractivity contribution < 1.29 is 18.0 Å². The minimum Gasteiger partial charge on any atom is -0.352 e. The van der Waals surface area contributed by atoms with Crippen LogP contribution in [0.3, 0.4) is 0 Å². The Morgan fingerprint density at radius 1 is 1.06 bits per heavy atom. The van der Waals surface area contributed by atoms with Gasteiger partial charge in [0.05, 0.1) is 0 Å². The quantitative estimate of drug-likeness (QED) is 0.398. The molecule has 2 heterocycles. The molecule has 1 aliphatic heterocycles. The van der Waals surface area contributed by atoms with E-state index in [1.54, 1.807) is 0 Å². The molecule has 3 atom stereocenters. The lowest BCUT2D eigenvalue weighted by Gasteiger charge is -2.31. The largest absolute Gasteiger partial charge is 0.352 e. The second-order valence-electron chi connectivity index (χ2n) is 10.0. The average molecular weight is 523 g/mol. The van der Waals surface area contributed by atoms with Gasteiger partial charge in [-0.1, -0.05) is 12.2 Å². The predicted molar refractivity (Wildman–Crippen MR) is 132 cm³/mol. The minimum absolute atomic E-state index is 0.109. The zero-order valence-electron chi connectivity index (χ0n) is 20.6. The molecule has 1 saturated carbocycles. The number of aryl methyl sites for hydroxylation is 1. The van der Waals surface area contributed by atoms with Crippen molar-refractivity contribution in [3.05, 3.63) is 44.8 Å². The fraction of sp³-hybridized carbons (Fsp3) is 0.652. The Hall–Kier alpha value is -2.93. The summed E-state index contributed by atoms with van der Waals surface area (Å²) in [6.45, 7) is 1.34. The Kier molecular flexibility index (Phi) is 7.69. The molecule has 13 heteroatoms. The van der Waals surface area contributed by atoms with Gasteiger partial charge in [0.25, 0.3) is 11.5 Å². The highest BCUT2D eigenvalue weighted by atomic mass is 32.2. The first-order valence-corrected chi connectivity index (χ1v) is 13.8. The molecule has 0 unspecified atom stereocenters. The summed E-state index contributed by atoms with van der Waals surface area (Å²) in [4.78, 5) is 48.6. The van der Waals surface area contributed by atoms with E-state index in [4.69, 9.17) is 0 Å². The lowest BCUT2D eigenvalue weighted by atomic mass is 9.94. The van der Waals surface area contributed by atoms with Crippen LogP contribution in [-0.4, -0.2) is 60.0 Å². The van der Waals surface area contributed by atoms with E-state index in [2.05, 4.69) is 27.5 Å². The first-order chi connectivity index (χ1) is 17.0. The summed E-state index contributed by atoms with van der Waals surface area (Å²) in [6, 6.07) is -0.698. The van der Waals surface area contributed by atoms with E-state index in [0.29, 0.717) is 50.1 Å². The molecule has 198 valence electrons. The monoisotopic (exact) mass is 522 g/mol. The Balaban J connectivity index is 1.18. The number of hydrogen-bond acceptors (Lipinski definition) is 6. The number of hydrogen-bond donors (Lipinski definition) is 3. The first-order valence-electron chi connectivity index (χ1n) is 12.3. The number of piperidine rings is 1. The summed E-state index contributed by atoms with van der Waals surface area (Å²) < 4.78 is 30.7. The maximum absolute atomic E-state index is 12.6. The van der Waals surface area contributed by atoms with Gasteiger partial charge in [-0.3, -0.25) is 14.2 Å². The fourth-order valence-electron chi connectivity index (χ4n) is 5.46. The highest BCUT2D eigenvalue weighted by Crippen LogP contribution is 2.42. The van der Waals surface area contributed by atoms with Crippen LogP contribution in [0.5, 0.6) is 0 Å². The van der Waals surface area contributed by atoms with Gasteiger partial charge in [-0.25, -0.2) is 14.3 Å². The van der Waals surface area contributed by atoms with Crippen LogP contribution >= 0.6 is 0 Å². The lowest BCUT2D eigenvalue weighted by molar-refractivity contribution is 0.0946. The van der Waals surface area contributed by atoms with Crippen molar-refractivity contribution in [2.45, 2.75) is 32.1 Å². The molecule has 1 aromatic rings. The van der Waals surface area contributed by atoms with Gasteiger partial charge in [-0.05, 0) is 55.8 Å². The average Bonchev–Trinajstić information content (AvgIpc) is 3.47. The van der Waals surface area contributed by atoms with E-state index < -0.39 is 33.4 Å². The normalized spacial score (nSPS) is 24.1. The third kappa shape index (κ3) is 5.72. The standard InChI is InChI=1S/C23H34N6O6S/c1-27-14-19(21(31)28(2)23(27)33)20(30)24-8-5-15-6-9-29(10-7-15)36(34,35)26-22(32)25-13-18-12-16-3-4-17(18)11-16/h3-4,14-18H,5-13H2,1-2H3,(H,24,30)(H2,25,26,32)/t16-,17-,18+/m1/s1. The predicted octanol–water partition coefficient (Wildman–Crippen LogP) is -0.328. The summed E-state index contributed by atoms with van der Waals surface area (Å²) in [6.07, 6.45) is 9.60. The first kappa shape index (κ1) is 26.1. The molecule has 36 heavy (non-hydrogen) atoms. The van der Waals surface area contributed by atoms with Gasteiger partial charge in [-0.2, -0.15) is 12.7 Å². The Bertz CT molecular complexity index is 1260. The molecule has 4 rings (SSSR count). The van der Waals surface area contributed by atoms with E-state index in [1.165, 1.54) is 29.2 Å². The van der Waals surface area contributed by atoms with Crippen LogP contribution in [0.15, 0.2) is 27.9 Å². The molecule has 3 N–H and O–H groups in total. The smallest absolute Gasteiger partial charge is 0.330 e. The molecule has 1 saturated heterocycles. The molecule has 2 bridgehead atoms. The Morgan fingerprint density at radius 3 is 2.42 bits per heavy atom. The summed E-state index contributed by atoms with van der Waals surface area (Å²) in [5.74, 6) is 1.07. The van der Waals surface area contributed by atoms with Crippen molar-refractivity contribution in [2.75, 3.05) is 26.2 Å². The topological polar surface area (TPSA) is 152 Å². The van der Waals surface area contributed by atoms with Gasteiger partial charge < -0.3 is 15.2 Å². The molecule has 1 aromatic heterocycles. The van der Waals surface area contributed by atoms with Crippen molar-refractivity contribution in [1.82, 2.24) is 28.8 Å². The molecular weight excluding hydrogens is 488 g/mol. The van der Waals surface area contributed by atoms with Crippen LogP contribution in [-0.2, 0) is 24.3 Å². The molecule has 0 aromatic carbocycles. The van der Waals surface area contributed by atoms with Crippen LogP contribution in [0, 0.1) is 23.7 Å². The van der Waals surface area contributed by atoms with Crippen molar-refractivity contribution in [1.29, 1.82) is 0 Å². The molecule has 0 spiro atoms. The van der Waals surface area contributed by atoms with E-state index in [-0.39, 0.29) is 24.6 Å². The number of aromatic nitrogens is 2. The number of nitrogens with one attached hydrogen (secondary N) is 3. The van der Waals surface area contributed by atoms with Crippen LogP contribution in [0.2, 0.25) is 0 Å². The number of carbonyl (C=O) groups excluding carboxylic acids is 2. The van der Waals surface area contributed by atoms with E-state index in [9.17, 15) is 27.6 Å². The van der Waals surface area contributed by atoms with Crippen LogP contribution in [0.1, 0.15) is 42.5 Å². The minimum atomic E-state index is -3.93. The summed E-state index contributed by atoms with van der Waals surface area (Å²) in [5, 5.41) is 5.41. The molecule has 12 nitrogen and oxygen atoms in total. The van der Waals surface area contributed by atoms with Crippen molar-refractivity contribution in [3.63, 3.8) is 0 Å². The van der Waals surface area contributed by atoms with Gasteiger partial charge in [-0.15, -0.1) is 0 Å². The highest BCUT2D eigenvalue weighted by Gasteiger charge is 2.36. The van der Waals surface area contributed by atoms with Gasteiger partial charge >= 0.3 is 21.9 Å². The molecule has 0 radical (unpaired) electrons. The van der Waals surface area contributed by atoms with Crippen molar-refractivity contribution >= 4 is 22.1 Å². The second kappa shape index (κ2) is 10.6. The summed E-state index contributed by atoms with van der Waals surface area (Å²) in [5.41, 5.74) is -1.27. The van der Waals surface area contributed by atoms with Crippen molar-refractivity contribution in [2.24, 2.45) is 37.8 Å². The number of carbonyl (C=O) groups is 2. The lowest BCUT2D eigenvalue weighted by Crippen LogP contribution is -2.50. The SMILES string of the molecule is Cn1cc(C(=O)NCCC2CCN(S(=O)(=O)NC(=O)NC[C@@H]3C[C@@H]4C=C[C@@H]3C4)CC2)c(=O)n(C)c1=O. The number of fused-ring (bicyclic) bond motifs is 2. The number of allylic oxidation sites excluding steroid dienone is 2. The van der Waals surface area contributed by atoms with Gasteiger partial charge in [0.2, 0.25) is 0 Å². The third-order valence-corrected chi connectivity index (χ3v) is 9.09. The Labute approximate surface area is 209 Å². The number of nitrogens with zero attached hydrogens (tertiary/aromatic N) is 3. The molecule has 3 aliphatic rings. The maximum atomic E-state index is 12.6. The molecular formula is C23H34N6O6S. The van der Waals surface area contributed by atoms with E-state index >= 15 is 0 Å². The number of rotatable bonds is 8.